The molecule has 0 saturated carbocycles. The molecule has 8 nitrogen and oxygen atoms in total. The van der Waals surface area contributed by atoms with Crippen LogP contribution in [0.25, 0.3) is 10.9 Å². The summed E-state index contributed by atoms with van der Waals surface area (Å²) < 4.78 is 13.2. The molecule has 0 bridgehead atoms. The van der Waals surface area contributed by atoms with Crippen LogP contribution >= 0.6 is 27.5 Å². The van der Waals surface area contributed by atoms with E-state index in [0.717, 1.165) is 10.9 Å². The standard InChI is InChI=1S/C24H24BrClN4O4/c1-2-3-22-28-20-6-4-17(25)13-19(20)24(32)30(22)27-14-16-12-18(26)5-7-21(16)34-15-23(31)29-8-10-33-11-9-29/h4-7,12-14H,2-3,8-11,15H2,1H3. The van der Waals surface area contributed by atoms with E-state index in [1.54, 1.807) is 29.2 Å². The van der Waals surface area contributed by atoms with Gasteiger partial charge in [-0.25, -0.2) is 4.98 Å². The minimum absolute atomic E-state index is 0.116. The van der Waals surface area contributed by atoms with Gasteiger partial charge in [0.25, 0.3) is 11.5 Å². The van der Waals surface area contributed by atoms with Gasteiger partial charge in [0.2, 0.25) is 0 Å². The summed E-state index contributed by atoms with van der Waals surface area (Å²) in [5, 5.41) is 5.39. The summed E-state index contributed by atoms with van der Waals surface area (Å²) in [6.45, 7) is 4.04. The molecule has 2 aromatic carbocycles. The van der Waals surface area contributed by atoms with Crippen LogP contribution in [0.3, 0.4) is 0 Å². The van der Waals surface area contributed by atoms with E-state index < -0.39 is 0 Å². The van der Waals surface area contributed by atoms with Crippen molar-refractivity contribution in [1.82, 2.24) is 14.6 Å². The second kappa shape index (κ2) is 11.1. The fourth-order valence-electron chi connectivity index (χ4n) is 3.61. The van der Waals surface area contributed by atoms with Crippen LogP contribution in [-0.2, 0) is 16.0 Å². The second-order valence-electron chi connectivity index (χ2n) is 7.77. The molecule has 1 aromatic heterocycles. The summed E-state index contributed by atoms with van der Waals surface area (Å²) in [5.74, 6) is 0.883. The maximum absolute atomic E-state index is 13.2. The summed E-state index contributed by atoms with van der Waals surface area (Å²) in [5.41, 5.74) is 0.903. The number of halogens is 2. The highest BCUT2D eigenvalue weighted by Gasteiger charge is 2.18. The van der Waals surface area contributed by atoms with Crippen LogP contribution in [0.1, 0.15) is 24.7 Å². The van der Waals surface area contributed by atoms with E-state index in [1.807, 2.05) is 19.1 Å². The minimum atomic E-state index is -0.266. The predicted octanol–water partition coefficient (Wildman–Crippen LogP) is 3.88. The molecule has 3 aromatic rings. The molecule has 1 saturated heterocycles. The van der Waals surface area contributed by atoms with Crippen LogP contribution in [0.2, 0.25) is 5.02 Å². The number of amides is 1. The monoisotopic (exact) mass is 546 g/mol. The van der Waals surface area contributed by atoms with Gasteiger partial charge < -0.3 is 14.4 Å². The molecular weight excluding hydrogens is 524 g/mol. The first-order valence-corrected chi connectivity index (χ1v) is 12.2. The number of morpholine rings is 1. The maximum atomic E-state index is 13.2. The first-order valence-electron chi connectivity index (χ1n) is 11.0. The molecule has 2 heterocycles. The lowest BCUT2D eigenvalue weighted by atomic mass is 10.2. The lowest BCUT2D eigenvalue weighted by Gasteiger charge is -2.26. The molecule has 0 unspecified atom stereocenters. The lowest BCUT2D eigenvalue weighted by molar-refractivity contribution is -0.137. The molecular formula is C24H24BrClN4O4. The number of aryl methyl sites for hydroxylation is 1. The SMILES string of the molecule is CCCc1nc2ccc(Br)cc2c(=O)n1N=Cc1cc(Cl)ccc1OCC(=O)N1CCOCC1. The summed E-state index contributed by atoms with van der Waals surface area (Å²) >= 11 is 9.61. The number of carbonyl (C=O) groups is 1. The zero-order valence-electron chi connectivity index (χ0n) is 18.7. The molecule has 1 fully saturated rings. The maximum Gasteiger partial charge on any atom is 0.282 e. The van der Waals surface area contributed by atoms with E-state index in [0.29, 0.717) is 65.8 Å². The third-order valence-corrected chi connectivity index (χ3v) is 6.08. The van der Waals surface area contributed by atoms with Crippen molar-refractivity contribution < 1.29 is 14.3 Å². The highest BCUT2D eigenvalue weighted by Crippen LogP contribution is 2.22. The number of fused-ring (bicyclic) bond motifs is 1. The van der Waals surface area contributed by atoms with E-state index >= 15 is 0 Å². The fourth-order valence-corrected chi connectivity index (χ4v) is 4.16. The van der Waals surface area contributed by atoms with Gasteiger partial charge >= 0.3 is 0 Å². The molecule has 1 aliphatic heterocycles. The van der Waals surface area contributed by atoms with Crippen molar-refractivity contribution in [2.45, 2.75) is 19.8 Å². The number of rotatable bonds is 7. The van der Waals surface area contributed by atoms with E-state index in [4.69, 9.17) is 21.1 Å². The van der Waals surface area contributed by atoms with Gasteiger partial charge in [-0.15, -0.1) is 0 Å². The molecule has 0 aliphatic carbocycles. The van der Waals surface area contributed by atoms with Crippen molar-refractivity contribution in [2.75, 3.05) is 32.9 Å². The largest absolute Gasteiger partial charge is 0.483 e. The van der Waals surface area contributed by atoms with Crippen LogP contribution in [0.15, 0.2) is 50.8 Å². The Morgan fingerprint density at radius 2 is 2.06 bits per heavy atom. The summed E-state index contributed by atoms with van der Waals surface area (Å²) in [6, 6.07) is 10.4. The molecule has 0 N–H and O–H groups in total. The number of hydrogen-bond acceptors (Lipinski definition) is 6. The predicted molar refractivity (Wildman–Crippen MR) is 135 cm³/mol. The second-order valence-corrected chi connectivity index (χ2v) is 9.12. The Morgan fingerprint density at radius 1 is 1.26 bits per heavy atom. The number of hydrogen-bond donors (Lipinski definition) is 0. The van der Waals surface area contributed by atoms with Gasteiger partial charge in [0.15, 0.2) is 6.61 Å². The molecule has 178 valence electrons. The highest BCUT2D eigenvalue weighted by atomic mass is 79.9. The third-order valence-electron chi connectivity index (χ3n) is 5.35. The smallest absolute Gasteiger partial charge is 0.282 e. The van der Waals surface area contributed by atoms with Crippen molar-refractivity contribution in [2.24, 2.45) is 5.10 Å². The van der Waals surface area contributed by atoms with Gasteiger partial charge in [-0.2, -0.15) is 9.78 Å². The van der Waals surface area contributed by atoms with Gasteiger partial charge in [0, 0.05) is 34.6 Å². The van der Waals surface area contributed by atoms with E-state index in [1.165, 1.54) is 10.9 Å². The Kier molecular flexibility index (Phi) is 7.97. The normalized spacial score (nSPS) is 14.1. The highest BCUT2D eigenvalue weighted by molar-refractivity contribution is 9.10. The van der Waals surface area contributed by atoms with Crippen molar-refractivity contribution in [1.29, 1.82) is 0 Å². The molecule has 34 heavy (non-hydrogen) atoms. The van der Waals surface area contributed by atoms with Crippen LogP contribution in [0.4, 0.5) is 0 Å². The number of carbonyl (C=O) groups excluding carboxylic acids is 1. The van der Waals surface area contributed by atoms with E-state index in [9.17, 15) is 9.59 Å². The third kappa shape index (κ3) is 5.65. The summed E-state index contributed by atoms with van der Waals surface area (Å²) in [4.78, 5) is 32.0. The molecule has 0 radical (unpaired) electrons. The van der Waals surface area contributed by atoms with Gasteiger partial charge in [-0.3, -0.25) is 9.59 Å². The molecule has 10 heteroatoms. The average molecular weight is 548 g/mol. The first-order chi connectivity index (χ1) is 16.5. The fraction of sp³-hybridized carbons (Fsp3) is 0.333. The van der Waals surface area contributed by atoms with Crippen molar-refractivity contribution in [3.8, 4) is 5.75 Å². The topological polar surface area (TPSA) is 86.0 Å². The van der Waals surface area contributed by atoms with Gasteiger partial charge in [-0.1, -0.05) is 34.5 Å². The minimum Gasteiger partial charge on any atom is -0.483 e. The van der Waals surface area contributed by atoms with Crippen molar-refractivity contribution >= 4 is 50.6 Å². The zero-order valence-corrected chi connectivity index (χ0v) is 21.0. The zero-order chi connectivity index (χ0) is 24.1. The Labute approximate surface area is 210 Å². The Hall–Kier alpha value is -2.75. The number of nitrogens with zero attached hydrogens (tertiary/aromatic N) is 4. The molecule has 0 atom stereocenters. The Morgan fingerprint density at radius 3 is 2.82 bits per heavy atom. The summed E-state index contributed by atoms with van der Waals surface area (Å²) in [6.07, 6.45) is 2.90. The number of aromatic nitrogens is 2. The molecule has 4 rings (SSSR count). The van der Waals surface area contributed by atoms with Crippen LogP contribution in [-0.4, -0.2) is 59.6 Å². The quantitative estimate of drug-likeness (QED) is 0.419. The van der Waals surface area contributed by atoms with Crippen molar-refractivity contribution in [3.05, 3.63) is 67.6 Å². The number of ether oxygens (including phenoxy) is 2. The Bertz CT molecular complexity index is 1290. The molecule has 0 spiro atoms. The van der Waals surface area contributed by atoms with Crippen LogP contribution < -0.4 is 10.3 Å². The molecule has 1 aliphatic rings. The van der Waals surface area contributed by atoms with Crippen molar-refractivity contribution in [3.63, 3.8) is 0 Å². The lowest BCUT2D eigenvalue weighted by Crippen LogP contribution is -2.43. The van der Waals surface area contributed by atoms with Gasteiger partial charge in [0.1, 0.15) is 11.6 Å². The number of benzene rings is 2. The van der Waals surface area contributed by atoms with Gasteiger partial charge in [0.05, 0.1) is 30.3 Å². The van der Waals surface area contributed by atoms with E-state index in [-0.39, 0.29) is 18.1 Å². The van der Waals surface area contributed by atoms with Crippen LogP contribution in [0.5, 0.6) is 5.75 Å². The molecule has 1 amide bonds. The average Bonchev–Trinajstić information content (AvgIpc) is 2.84. The van der Waals surface area contributed by atoms with Crippen LogP contribution in [0, 0.1) is 0 Å². The first kappa shape index (κ1) is 24.4. The summed E-state index contributed by atoms with van der Waals surface area (Å²) in [7, 11) is 0. The van der Waals surface area contributed by atoms with Gasteiger partial charge in [-0.05, 0) is 42.8 Å². The Balaban J connectivity index is 1.64. The van der Waals surface area contributed by atoms with E-state index in [2.05, 4.69) is 26.0 Å².